The summed E-state index contributed by atoms with van der Waals surface area (Å²) in [6.07, 6.45) is 3.36. The summed E-state index contributed by atoms with van der Waals surface area (Å²) in [6, 6.07) is 14.7. The zero-order valence-electron chi connectivity index (χ0n) is 11.2. The maximum atomic E-state index is 11.7. The van der Waals surface area contributed by atoms with E-state index in [0.29, 0.717) is 18.1 Å². The third kappa shape index (κ3) is 3.30. The number of anilines is 1. The third-order valence-corrected chi connectivity index (χ3v) is 2.85. The van der Waals surface area contributed by atoms with E-state index in [0.717, 1.165) is 5.69 Å². The van der Waals surface area contributed by atoms with Crippen LogP contribution in [0.3, 0.4) is 0 Å². The van der Waals surface area contributed by atoms with E-state index < -0.39 is 0 Å². The van der Waals surface area contributed by atoms with E-state index in [1.807, 2.05) is 30.3 Å². The van der Waals surface area contributed by atoms with Gasteiger partial charge >= 0.3 is 6.03 Å². The minimum atomic E-state index is -0.329. The van der Waals surface area contributed by atoms with Crippen LogP contribution in [0.1, 0.15) is 5.76 Å². The number of benzene rings is 1. The maximum absolute atomic E-state index is 11.7. The number of urea groups is 1. The molecule has 2 N–H and O–H groups in total. The first kappa shape index (κ1) is 13.0. The Morgan fingerprint density at radius 1 is 1.14 bits per heavy atom. The minimum Gasteiger partial charge on any atom is -0.467 e. The maximum Gasteiger partial charge on any atom is 0.320 e. The summed E-state index contributed by atoms with van der Waals surface area (Å²) < 4.78 is 6.83. The lowest BCUT2D eigenvalue weighted by Crippen LogP contribution is -2.28. The van der Waals surface area contributed by atoms with Crippen molar-refractivity contribution in [3.05, 3.63) is 66.8 Å². The Hall–Kier alpha value is -3.02. The lowest BCUT2D eigenvalue weighted by atomic mass is 10.3. The van der Waals surface area contributed by atoms with Gasteiger partial charge in [0.05, 0.1) is 18.5 Å². The highest BCUT2D eigenvalue weighted by Crippen LogP contribution is 2.09. The largest absolute Gasteiger partial charge is 0.467 e. The van der Waals surface area contributed by atoms with E-state index in [2.05, 4.69) is 15.7 Å². The summed E-state index contributed by atoms with van der Waals surface area (Å²) >= 11 is 0. The van der Waals surface area contributed by atoms with Gasteiger partial charge in [-0.25, -0.2) is 9.48 Å². The molecule has 3 aromatic rings. The van der Waals surface area contributed by atoms with E-state index in [1.54, 1.807) is 35.3 Å². The second-order valence-electron chi connectivity index (χ2n) is 4.37. The first-order valence-electron chi connectivity index (χ1n) is 6.49. The number of nitrogens with zero attached hydrogens (tertiary/aromatic N) is 2. The molecule has 0 radical (unpaired) electrons. The second kappa shape index (κ2) is 5.96. The fraction of sp³-hybridized carbons (Fsp3) is 0.0667. The van der Waals surface area contributed by atoms with Gasteiger partial charge in [-0.1, -0.05) is 18.2 Å². The molecule has 2 heterocycles. The molecule has 2 aromatic heterocycles. The third-order valence-electron chi connectivity index (χ3n) is 2.85. The molecule has 0 aliphatic rings. The normalized spacial score (nSPS) is 10.3. The summed E-state index contributed by atoms with van der Waals surface area (Å²) in [6.45, 7) is 0.332. The fourth-order valence-electron chi connectivity index (χ4n) is 1.86. The topological polar surface area (TPSA) is 72.1 Å². The Morgan fingerprint density at radius 3 is 2.76 bits per heavy atom. The number of nitrogens with one attached hydrogen (secondary N) is 2. The SMILES string of the molecule is O=C(NCc1ccco1)Nc1ccn(-c2ccccc2)n1. The van der Waals surface area contributed by atoms with Gasteiger partial charge in [0.25, 0.3) is 0 Å². The van der Waals surface area contributed by atoms with Crippen LogP contribution in [0, 0.1) is 0 Å². The van der Waals surface area contributed by atoms with Gasteiger partial charge in [0.1, 0.15) is 5.76 Å². The molecule has 0 unspecified atom stereocenters. The van der Waals surface area contributed by atoms with Crippen molar-refractivity contribution in [3.63, 3.8) is 0 Å². The van der Waals surface area contributed by atoms with Crippen molar-refractivity contribution in [1.82, 2.24) is 15.1 Å². The Bertz CT molecular complexity index is 704. The number of carbonyl (C=O) groups excluding carboxylic acids is 1. The number of carbonyl (C=O) groups is 1. The number of hydrogen-bond donors (Lipinski definition) is 2. The number of rotatable bonds is 4. The van der Waals surface area contributed by atoms with Gasteiger partial charge in [0.15, 0.2) is 5.82 Å². The van der Waals surface area contributed by atoms with E-state index in [-0.39, 0.29) is 6.03 Å². The highest BCUT2D eigenvalue weighted by Gasteiger charge is 2.06. The highest BCUT2D eigenvalue weighted by molar-refractivity contribution is 5.88. The van der Waals surface area contributed by atoms with E-state index in [4.69, 9.17) is 4.42 Å². The number of aromatic nitrogens is 2. The monoisotopic (exact) mass is 282 g/mol. The van der Waals surface area contributed by atoms with Crippen LogP contribution in [0.4, 0.5) is 10.6 Å². The molecule has 1 aromatic carbocycles. The van der Waals surface area contributed by atoms with Crippen molar-refractivity contribution < 1.29 is 9.21 Å². The van der Waals surface area contributed by atoms with Crippen LogP contribution in [0.15, 0.2) is 65.4 Å². The fourth-order valence-corrected chi connectivity index (χ4v) is 1.86. The number of hydrogen-bond acceptors (Lipinski definition) is 3. The van der Waals surface area contributed by atoms with Crippen molar-refractivity contribution >= 4 is 11.8 Å². The Balaban J connectivity index is 1.58. The average molecular weight is 282 g/mol. The summed E-state index contributed by atoms with van der Waals surface area (Å²) in [7, 11) is 0. The number of furan rings is 1. The molecular formula is C15H14N4O2. The zero-order chi connectivity index (χ0) is 14.5. The molecule has 6 heteroatoms. The predicted molar refractivity (Wildman–Crippen MR) is 78.1 cm³/mol. The Labute approximate surface area is 121 Å². The van der Waals surface area contributed by atoms with Crippen LogP contribution < -0.4 is 10.6 Å². The van der Waals surface area contributed by atoms with Gasteiger partial charge < -0.3 is 9.73 Å². The Kier molecular flexibility index (Phi) is 3.68. The molecule has 0 aliphatic heterocycles. The molecular weight excluding hydrogens is 268 g/mol. The van der Waals surface area contributed by atoms with Crippen molar-refractivity contribution in [2.24, 2.45) is 0 Å². The van der Waals surface area contributed by atoms with Gasteiger partial charge in [0, 0.05) is 12.3 Å². The molecule has 0 bridgehead atoms. The number of amides is 2. The second-order valence-corrected chi connectivity index (χ2v) is 4.37. The van der Waals surface area contributed by atoms with Crippen molar-refractivity contribution in [2.75, 3.05) is 5.32 Å². The Morgan fingerprint density at radius 2 is 2.00 bits per heavy atom. The average Bonchev–Trinajstić information content (AvgIpc) is 3.17. The molecule has 3 rings (SSSR count). The molecule has 0 saturated heterocycles. The summed E-state index contributed by atoms with van der Waals surface area (Å²) in [5.74, 6) is 1.18. The zero-order valence-corrected chi connectivity index (χ0v) is 11.2. The molecule has 0 aliphatic carbocycles. The van der Waals surface area contributed by atoms with Gasteiger partial charge in [0.2, 0.25) is 0 Å². The van der Waals surface area contributed by atoms with Crippen LogP contribution in [0.2, 0.25) is 0 Å². The van der Waals surface area contributed by atoms with Crippen LogP contribution >= 0.6 is 0 Å². The predicted octanol–water partition coefficient (Wildman–Crippen LogP) is 2.79. The molecule has 21 heavy (non-hydrogen) atoms. The van der Waals surface area contributed by atoms with Crippen LogP contribution in [0.5, 0.6) is 0 Å². The molecule has 0 fully saturated rings. The van der Waals surface area contributed by atoms with E-state index in [1.165, 1.54) is 0 Å². The van der Waals surface area contributed by atoms with Gasteiger partial charge in [-0.15, -0.1) is 5.10 Å². The summed E-state index contributed by atoms with van der Waals surface area (Å²) in [5.41, 5.74) is 0.932. The first-order valence-corrected chi connectivity index (χ1v) is 6.49. The minimum absolute atomic E-state index is 0.329. The van der Waals surface area contributed by atoms with Gasteiger partial charge in [-0.3, -0.25) is 5.32 Å². The van der Waals surface area contributed by atoms with E-state index >= 15 is 0 Å². The van der Waals surface area contributed by atoms with Crippen LogP contribution in [-0.4, -0.2) is 15.8 Å². The van der Waals surface area contributed by atoms with E-state index in [9.17, 15) is 4.79 Å². The molecule has 2 amide bonds. The standard InChI is InChI=1S/C15H14N4O2/c20-15(16-11-13-7-4-10-21-13)17-14-8-9-19(18-14)12-5-2-1-3-6-12/h1-10H,11H2,(H2,16,17,18,20). The lowest BCUT2D eigenvalue weighted by molar-refractivity contribution is 0.250. The molecule has 106 valence electrons. The first-order chi connectivity index (χ1) is 10.3. The van der Waals surface area contributed by atoms with Crippen molar-refractivity contribution in [2.45, 2.75) is 6.54 Å². The quantitative estimate of drug-likeness (QED) is 0.773. The summed E-state index contributed by atoms with van der Waals surface area (Å²) in [4.78, 5) is 11.7. The summed E-state index contributed by atoms with van der Waals surface area (Å²) in [5, 5.41) is 9.65. The number of para-hydroxylation sites is 1. The van der Waals surface area contributed by atoms with Crippen molar-refractivity contribution in [3.8, 4) is 5.69 Å². The van der Waals surface area contributed by atoms with Gasteiger partial charge in [-0.05, 0) is 24.3 Å². The van der Waals surface area contributed by atoms with Crippen LogP contribution in [-0.2, 0) is 6.54 Å². The van der Waals surface area contributed by atoms with Gasteiger partial charge in [-0.2, -0.15) is 0 Å². The molecule has 0 spiro atoms. The smallest absolute Gasteiger partial charge is 0.320 e. The van der Waals surface area contributed by atoms with Crippen molar-refractivity contribution in [1.29, 1.82) is 0 Å². The molecule has 6 nitrogen and oxygen atoms in total. The highest BCUT2D eigenvalue weighted by atomic mass is 16.3. The van der Waals surface area contributed by atoms with Crippen LogP contribution in [0.25, 0.3) is 5.69 Å². The lowest BCUT2D eigenvalue weighted by Gasteiger charge is -2.04. The molecule has 0 saturated carbocycles. The molecule has 0 atom stereocenters.